The molecule has 94 valence electrons. The second kappa shape index (κ2) is 4.28. The Balaban J connectivity index is 2.34. The molecular weight excluding hydrogens is 250 g/mol. The van der Waals surface area contributed by atoms with E-state index in [1.165, 1.54) is 10.7 Å². The van der Waals surface area contributed by atoms with Crippen molar-refractivity contribution in [2.75, 3.05) is 0 Å². The van der Waals surface area contributed by atoms with Crippen LogP contribution in [0.2, 0.25) is 0 Å². The molecule has 19 heavy (non-hydrogen) atoms. The molecule has 0 aliphatic heterocycles. The smallest absolute Gasteiger partial charge is 0.207 e. The van der Waals surface area contributed by atoms with E-state index in [1.807, 2.05) is 0 Å². The molecule has 0 bridgehead atoms. The molecule has 2 aromatic carbocycles. The summed E-state index contributed by atoms with van der Waals surface area (Å²) in [5.74, 6) is -1.88. The maximum Gasteiger partial charge on any atom is 0.207 e. The number of halogens is 2. The number of benzene rings is 2. The largest absolute Gasteiger partial charge is 0.287 e. The Morgan fingerprint density at radius 1 is 1.00 bits per heavy atom. The minimum Gasteiger partial charge on any atom is -0.287 e. The summed E-state index contributed by atoms with van der Waals surface area (Å²) in [5.41, 5.74) is 0.686. The average Bonchev–Trinajstić information content (AvgIpc) is 2.43. The molecule has 0 amide bonds. The summed E-state index contributed by atoms with van der Waals surface area (Å²) in [6.07, 6.45) is 1.16. The molecule has 5 heteroatoms. The van der Waals surface area contributed by atoms with Gasteiger partial charge in [-0.05, 0) is 24.3 Å². The molecule has 3 nitrogen and oxygen atoms in total. The Hall–Kier alpha value is -2.56. The lowest BCUT2D eigenvalue weighted by Crippen LogP contribution is -2.10. The van der Waals surface area contributed by atoms with Crippen LogP contribution in [-0.4, -0.2) is 9.78 Å². The highest BCUT2D eigenvalue weighted by Gasteiger charge is 2.08. The third-order valence-electron chi connectivity index (χ3n) is 2.84. The van der Waals surface area contributed by atoms with Crippen molar-refractivity contribution in [2.45, 2.75) is 0 Å². The Morgan fingerprint density at radius 3 is 2.58 bits per heavy atom. The monoisotopic (exact) mass is 258 g/mol. The standard InChI is InChI=1S/C14H8F2N2O/c15-11-6-5-9(7-12(11)16)18-13-4-2-1-3-10(13)14(19)8-17-18/h1-8H. The maximum atomic E-state index is 13.3. The topological polar surface area (TPSA) is 34.9 Å². The molecule has 0 unspecified atom stereocenters. The van der Waals surface area contributed by atoms with Gasteiger partial charge in [0.2, 0.25) is 5.43 Å². The highest BCUT2D eigenvalue weighted by atomic mass is 19.2. The fourth-order valence-corrected chi connectivity index (χ4v) is 1.93. The molecular formula is C14H8F2N2O. The van der Waals surface area contributed by atoms with E-state index in [0.29, 0.717) is 16.6 Å². The van der Waals surface area contributed by atoms with Crippen LogP contribution in [-0.2, 0) is 0 Å². The first-order chi connectivity index (χ1) is 9.16. The van der Waals surface area contributed by atoms with E-state index < -0.39 is 11.6 Å². The summed E-state index contributed by atoms with van der Waals surface area (Å²) in [5, 5.41) is 4.44. The van der Waals surface area contributed by atoms with E-state index in [4.69, 9.17) is 0 Å². The van der Waals surface area contributed by atoms with Crippen molar-refractivity contribution in [3.05, 3.63) is 70.5 Å². The number of hydrogen-bond acceptors (Lipinski definition) is 2. The van der Waals surface area contributed by atoms with Gasteiger partial charge in [-0.15, -0.1) is 0 Å². The van der Waals surface area contributed by atoms with E-state index in [9.17, 15) is 13.6 Å². The minimum absolute atomic E-state index is 0.213. The van der Waals surface area contributed by atoms with Crippen LogP contribution in [0.4, 0.5) is 8.78 Å². The molecule has 0 radical (unpaired) electrons. The molecule has 0 aliphatic rings. The van der Waals surface area contributed by atoms with Gasteiger partial charge in [0, 0.05) is 11.5 Å². The van der Waals surface area contributed by atoms with Crippen LogP contribution in [0.5, 0.6) is 0 Å². The quantitative estimate of drug-likeness (QED) is 0.672. The first kappa shape index (κ1) is 11.5. The van der Waals surface area contributed by atoms with Crippen LogP contribution in [0, 0.1) is 11.6 Å². The average molecular weight is 258 g/mol. The third kappa shape index (κ3) is 1.89. The highest BCUT2D eigenvalue weighted by molar-refractivity contribution is 5.79. The number of hydrogen-bond donors (Lipinski definition) is 0. The van der Waals surface area contributed by atoms with E-state index in [-0.39, 0.29) is 5.43 Å². The lowest BCUT2D eigenvalue weighted by Gasteiger charge is -2.09. The second-order valence-electron chi connectivity index (χ2n) is 4.04. The molecule has 0 atom stereocenters. The van der Waals surface area contributed by atoms with Crippen LogP contribution in [0.15, 0.2) is 53.5 Å². The van der Waals surface area contributed by atoms with E-state index in [1.54, 1.807) is 24.3 Å². The van der Waals surface area contributed by atoms with Crippen LogP contribution < -0.4 is 5.43 Å². The lowest BCUT2D eigenvalue weighted by atomic mass is 10.2. The van der Waals surface area contributed by atoms with Crippen molar-refractivity contribution < 1.29 is 8.78 Å². The van der Waals surface area contributed by atoms with Gasteiger partial charge in [0.1, 0.15) is 0 Å². The third-order valence-corrected chi connectivity index (χ3v) is 2.84. The number of para-hydroxylation sites is 1. The molecule has 0 fully saturated rings. The van der Waals surface area contributed by atoms with Crippen molar-refractivity contribution in [3.63, 3.8) is 0 Å². The lowest BCUT2D eigenvalue weighted by molar-refractivity contribution is 0.507. The zero-order valence-electron chi connectivity index (χ0n) is 9.68. The number of rotatable bonds is 1. The van der Waals surface area contributed by atoms with E-state index in [2.05, 4.69) is 5.10 Å². The summed E-state index contributed by atoms with van der Waals surface area (Å²) < 4.78 is 27.6. The first-order valence-corrected chi connectivity index (χ1v) is 5.59. The zero-order chi connectivity index (χ0) is 13.4. The molecule has 3 aromatic rings. The van der Waals surface area contributed by atoms with Gasteiger partial charge >= 0.3 is 0 Å². The first-order valence-electron chi connectivity index (χ1n) is 5.59. The summed E-state index contributed by atoms with van der Waals surface area (Å²) in [7, 11) is 0. The van der Waals surface area contributed by atoms with Crippen molar-refractivity contribution >= 4 is 10.9 Å². The number of fused-ring (bicyclic) bond motifs is 1. The van der Waals surface area contributed by atoms with Gasteiger partial charge in [-0.25, -0.2) is 13.5 Å². The zero-order valence-corrected chi connectivity index (χ0v) is 9.68. The fraction of sp³-hybridized carbons (Fsp3) is 0. The van der Waals surface area contributed by atoms with Gasteiger partial charge in [-0.1, -0.05) is 12.1 Å². The molecule has 0 saturated carbocycles. The summed E-state index contributed by atoms with van der Waals surface area (Å²) in [6.45, 7) is 0. The van der Waals surface area contributed by atoms with Gasteiger partial charge in [0.25, 0.3) is 0 Å². The van der Waals surface area contributed by atoms with E-state index >= 15 is 0 Å². The van der Waals surface area contributed by atoms with E-state index in [0.717, 1.165) is 18.3 Å². The van der Waals surface area contributed by atoms with Gasteiger partial charge in [-0.2, -0.15) is 5.10 Å². The van der Waals surface area contributed by atoms with Crippen molar-refractivity contribution in [1.29, 1.82) is 0 Å². The maximum absolute atomic E-state index is 13.3. The Morgan fingerprint density at radius 2 is 1.79 bits per heavy atom. The Bertz CT molecular complexity index is 827. The van der Waals surface area contributed by atoms with Crippen molar-refractivity contribution in [2.24, 2.45) is 0 Å². The van der Waals surface area contributed by atoms with Gasteiger partial charge in [0.15, 0.2) is 11.6 Å². The van der Waals surface area contributed by atoms with Crippen LogP contribution in [0.1, 0.15) is 0 Å². The molecule has 0 N–H and O–H groups in total. The normalized spacial score (nSPS) is 10.8. The predicted molar refractivity (Wildman–Crippen MR) is 67.3 cm³/mol. The molecule has 0 aliphatic carbocycles. The fourth-order valence-electron chi connectivity index (χ4n) is 1.93. The summed E-state index contributed by atoms with van der Waals surface area (Å²) >= 11 is 0. The van der Waals surface area contributed by atoms with Crippen LogP contribution in [0.3, 0.4) is 0 Å². The summed E-state index contributed by atoms with van der Waals surface area (Å²) in [6, 6.07) is 10.3. The van der Waals surface area contributed by atoms with Gasteiger partial charge in [0.05, 0.1) is 17.4 Å². The van der Waals surface area contributed by atoms with Crippen molar-refractivity contribution in [3.8, 4) is 5.69 Å². The number of nitrogens with zero attached hydrogens (tertiary/aromatic N) is 2. The van der Waals surface area contributed by atoms with Gasteiger partial charge in [-0.3, -0.25) is 4.79 Å². The van der Waals surface area contributed by atoms with Crippen LogP contribution >= 0.6 is 0 Å². The molecule has 1 heterocycles. The van der Waals surface area contributed by atoms with Crippen LogP contribution in [0.25, 0.3) is 16.6 Å². The molecule has 1 aromatic heterocycles. The predicted octanol–water partition coefficient (Wildman–Crippen LogP) is 2.66. The molecule has 3 rings (SSSR count). The van der Waals surface area contributed by atoms with Crippen molar-refractivity contribution in [1.82, 2.24) is 9.78 Å². The second-order valence-corrected chi connectivity index (χ2v) is 4.04. The minimum atomic E-state index is -0.956. The molecule has 0 saturated heterocycles. The Labute approximate surface area is 106 Å². The molecule has 0 spiro atoms. The Kier molecular flexibility index (Phi) is 2.59. The summed E-state index contributed by atoms with van der Waals surface area (Å²) in [4.78, 5) is 11.7. The highest BCUT2D eigenvalue weighted by Crippen LogP contribution is 2.16. The number of aromatic nitrogens is 2. The SMILES string of the molecule is O=c1cnn(-c2ccc(F)c(F)c2)c2ccccc12. The van der Waals surface area contributed by atoms with Gasteiger partial charge < -0.3 is 0 Å².